The molecule has 1 aromatic carbocycles. The number of nitrogens with zero attached hydrogens (tertiary/aromatic N) is 3. The van der Waals surface area contributed by atoms with Crippen LogP contribution in [0.3, 0.4) is 0 Å². The number of nitrogens with one attached hydrogen (secondary N) is 1. The van der Waals surface area contributed by atoms with Gasteiger partial charge in [-0.05, 0) is 62.8 Å². The zero-order chi connectivity index (χ0) is 36.0. The molecule has 0 atom stereocenters. The van der Waals surface area contributed by atoms with Crippen LogP contribution in [0.15, 0.2) is 18.1 Å². The molecule has 3 rings (SSSR count). The van der Waals surface area contributed by atoms with Gasteiger partial charge in [0.05, 0.1) is 16.2 Å². The van der Waals surface area contributed by atoms with Gasteiger partial charge in [-0.25, -0.2) is 4.79 Å². The fraction of sp³-hybridized carbons (Fsp3) is 0.682. The first kappa shape index (κ1) is 7.99. The summed E-state index contributed by atoms with van der Waals surface area (Å²) in [7, 11) is 0.715. The topological polar surface area (TPSA) is 38.8 Å². The first-order chi connectivity index (χ1) is 20.4. The summed E-state index contributed by atoms with van der Waals surface area (Å²) in [6.07, 6.45) is -19.5. The van der Waals surface area contributed by atoms with Gasteiger partial charge < -0.3 is 15.1 Å². The molecule has 1 saturated carbocycles. The molecule has 1 heterocycles. The van der Waals surface area contributed by atoms with Crippen molar-refractivity contribution in [1.82, 2.24) is 15.1 Å². The van der Waals surface area contributed by atoms with E-state index < -0.39 is 63.3 Å². The highest BCUT2D eigenvalue weighted by molar-refractivity contribution is 6.34. The van der Waals surface area contributed by atoms with Gasteiger partial charge in [-0.1, -0.05) is 23.7 Å². The Morgan fingerprint density at radius 2 is 2.11 bits per heavy atom. The molecule has 2 amide bonds. The summed E-state index contributed by atoms with van der Waals surface area (Å²) in [6, 6.07) is -6.49. The lowest BCUT2D eigenvalue weighted by Gasteiger charge is -2.37. The minimum absolute atomic E-state index is 0.00631. The van der Waals surface area contributed by atoms with E-state index in [9.17, 15) is 4.79 Å². The monoisotopic (exact) mass is 424 g/mol. The van der Waals surface area contributed by atoms with E-state index in [0.717, 1.165) is 0 Å². The summed E-state index contributed by atoms with van der Waals surface area (Å²) >= 11 is 6.39. The van der Waals surface area contributed by atoms with Crippen LogP contribution in [0.4, 0.5) is 10.5 Å². The lowest BCUT2D eigenvalue weighted by Crippen LogP contribution is -2.47. The van der Waals surface area contributed by atoms with E-state index in [1.807, 2.05) is 0 Å². The van der Waals surface area contributed by atoms with Crippen LogP contribution in [0.1, 0.15) is 62.1 Å². The van der Waals surface area contributed by atoms with Crippen molar-refractivity contribution >= 4 is 23.3 Å². The predicted molar refractivity (Wildman–Crippen MR) is 117 cm³/mol. The Kier molecular flexibility index (Phi) is 2.81. The molecule has 2 aliphatic rings. The van der Waals surface area contributed by atoms with E-state index in [1.54, 1.807) is 4.90 Å². The summed E-state index contributed by atoms with van der Waals surface area (Å²) in [5, 5.41) is 1.58. The smallest absolute Gasteiger partial charge is 0.317 e. The van der Waals surface area contributed by atoms with Crippen molar-refractivity contribution < 1.29 is 29.5 Å². The average Bonchev–Trinajstić information content (AvgIpc) is 2.93. The molecule has 0 bridgehead atoms. The number of hydrogen-bond donors (Lipinski definition) is 1. The van der Waals surface area contributed by atoms with E-state index in [2.05, 4.69) is 0 Å². The van der Waals surface area contributed by atoms with Crippen LogP contribution in [-0.2, 0) is 0 Å². The second-order valence-electron chi connectivity index (χ2n) is 6.34. The molecule has 1 saturated heterocycles. The lowest BCUT2D eigenvalue weighted by atomic mass is 9.84. The number of amides is 2. The molecule has 0 aromatic heterocycles. The summed E-state index contributed by atoms with van der Waals surface area (Å²) in [5.41, 5.74) is 0.462. The number of anilines is 1. The molecule has 28 heavy (non-hydrogen) atoms. The predicted octanol–water partition coefficient (Wildman–Crippen LogP) is 3.99. The summed E-state index contributed by atoms with van der Waals surface area (Å²) in [5.74, 6) is -3.90. The molecular formula is C22H35ClN4O. The minimum Gasteiger partial charge on any atom is -0.368 e. The van der Waals surface area contributed by atoms with Crippen LogP contribution >= 0.6 is 11.6 Å². The highest BCUT2D eigenvalue weighted by atomic mass is 35.5. The van der Waals surface area contributed by atoms with Crippen LogP contribution < -0.4 is 10.2 Å². The van der Waals surface area contributed by atoms with E-state index in [0.29, 0.717) is 7.05 Å². The molecule has 5 nitrogen and oxygen atoms in total. The highest BCUT2D eigenvalue weighted by Gasteiger charge is 2.24. The zero-order valence-corrected chi connectivity index (χ0v) is 16.4. The highest BCUT2D eigenvalue weighted by Crippen LogP contribution is 2.30. The van der Waals surface area contributed by atoms with Crippen LogP contribution in [0.2, 0.25) is 5.02 Å². The molecule has 1 N–H and O–H groups in total. The Balaban J connectivity index is 1.99. The van der Waals surface area contributed by atoms with Crippen LogP contribution in [0, 0.1) is 12.8 Å². The lowest BCUT2D eigenvalue weighted by molar-refractivity contribution is 0.194. The third-order valence-electron chi connectivity index (χ3n) is 4.30. The van der Waals surface area contributed by atoms with Crippen molar-refractivity contribution in [3.63, 3.8) is 0 Å². The van der Waals surface area contributed by atoms with Crippen LogP contribution in [0.25, 0.3) is 0 Å². The van der Waals surface area contributed by atoms with Crippen molar-refractivity contribution in [2.24, 2.45) is 5.89 Å². The van der Waals surface area contributed by atoms with Gasteiger partial charge in [0.1, 0.15) is 0 Å². The Morgan fingerprint density at radius 1 is 1.39 bits per heavy atom. The molecular weight excluding hydrogens is 372 g/mol. The van der Waals surface area contributed by atoms with Gasteiger partial charge in [0.25, 0.3) is 0 Å². The van der Waals surface area contributed by atoms with Gasteiger partial charge in [0.15, 0.2) is 0 Å². The van der Waals surface area contributed by atoms with Crippen molar-refractivity contribution in [2.45, 2.75) is 44.8 Å². The number of rotatable bonds is 5. The normalized spacial score (nSPS) is 46.3. The first-order valence-corrected chi connectivity index (χ1v) is 9.07. The number of hydrogen-bond acceptors (Lipinski definition) is 3. The van der Waals surface area contributed by atoms with Crippen LogP contribution in [0.5, 0.6) is 0 Å². The van der Waals surface area contributed by atoms with Gasteiger partial charge in [-0.15, -0.1) is 0 Å². The fourth-order valence-corrected chi connectivity index (χ4v) is 2.88. The van der Waals surface area contributed by atoms with E-state index in [-0.39, 0.29) is 65.5 Å². The van der Waals surface area contributed by atoms with Gasteiger partial charge in [-0.2, -0.15) is 0 Å². The van der Waals surface area contributed by atoms with Crippen molar-refractivity contribution in [2.75, 3.05) is 51.6 Å². The number of urea groups is 1. The molecule has 2 fully saturated rings. The third-order valence-corrected chi connectivity index (χ3v) is 4.76. The summed E-state index contributed by atoms with van der Waals surface area (Å²) in [4.78, 5) is 15.7. The molecule has 1 aliphatic carbocycles. The van der Waals surface area contributed by atoms with Crippen molar-refractivity contribution in [3.8, 4) is 0 Å². The average molecular weight is 425 g/mol. The van der Waals surface area contributed by atoms with Gasteiger partial charge in [-0.3, -0.25) is 4.90 Å². The number of carbonyl (C=O) groups is 1. The summed E-state index contributed by atoms with van der Waals surface area (Å²) < 4.78 is 150. The SMILES string of the molecule is [2H]c1c([2H])c(C)c(Cl)c(N2CCN(CC([2H])([2H])C3([2H])C([2H])([2H])C([2H])([2H])C([2H])(NC(=O)N(C)C([2H])([2H])[2H])C([2H])([2H])C3([2H])[2H])CC2)c1[2H]. The Morgan fingerprint density at radius 3 is 2.79 bits per heavy atom. The van der Waals surface area contributed by atoms with Gasteiger partial charge in [0.2, 0.25) is 0 Å². The number of piperazine rings is 1. The Bertz CT molecular complexity index is 1320. The molecule has 1 aliphatic heterocycles. The molecule has 156 valence electrons. The minimum atomic E-state index is -4.03. The number of carbonyl (C=O) groups excluding carboxylic acids is 1. The Hall–Kier alpha value is -1.46. The molecule has 0 unspecified atom stereocenters. The molecule has 6 heteroatoms. The maximum atomic E-state index is 12.7. The van der Waals surface area contributed by atoms with E-state index in [1.165, 1.54) is 17.1 Å². The molecule has 1 aromatic rings. The van der Waals surface area contributed by atoms with Crippen molar-refractivity contribution in [3.05, 3.63) is 28.7 Å². The zero-order valence-electron chi connectivity index (χ0n) is 33.7. The Labute approximate surface area is 200 Å². The number of halogens is 1. The standard InChI is InChI=1S/C22H35ClN4O/c1-17-5-4-6-20(21(17)23)27-15-13-26(14-16-27)12-11-18-7-9-19(10-8-18)24-22(28)25(2)3/h4-6,18-19H,7-16H2,1-3H3,(H,24,28)/i2D3,4D,5D,6D,7D2,8D2,9D2,10D2,11D2,18D,19D. The second-order valence-corrected chi connectivity index (χ2v) is 6.72. The van der Waals surface area contributed by atoms with Crippen LogP contribution in [-0.4, -0.2) is 68.6 Å². The maximum Gasteiger partial charge on any atom is 0.317 e. The third kappa shape index (κ3) is 5.54. The quantitative estimate of drug-likeness (QED) is 0.776. The fourth-order valence-electron chi connectivity index (χ4n) is 2.66. The first-order valence-electron chi connectivity index (χ1n) is 17.7. The van der Waals surface area contributed by atoms with E-state index in [4.69, 9.17) is 36.3 Å². The second kappa shape index (κ2) is 9.84. The largest absolute Gasteiger partial charge is 0.368 e. The summed E-state index contributed by atoms with van der Waals surface area (Å²) in [6.45, 7) is -2.43. The molecule has 0 spiro atoms. The van der Waals surface area contributed by atoms with Gasteiger partial charge in [0, 0.05) is 65.4 Å². The number of benzene rings is 1. The molecule has 0 radical (unpaired) electrons. The van der Waals surface area contributed by atoms with E-state index >= 15 is 0 Å². The van der Waals surface area contributed by atoms with Crippen molar-refractivity contribution in [1.29, 1.82) is 0 Å². The maximum absolute atomic E-state index is 12.7. The van der Waals surface area contributed by atoms with Gasteiger partial charge >= 0.3 is 6.03 Å².